The van der Waals surface area contributed by atoms with Gasteiger partial charge >= 0.3 is 0 Å². The average Bonchev–Trinajstić information content (AvgIpc) is 3.79. The van der Waals surface area contributed by atoms with Gasteiger partial charge < -0.3 is 0 Å². The van der Waals surface area contributed by atoms with E-state index >= 15 is 0 Å². The molecule has 0 radical (unpaired) electrons. The van der Waals surface area contributed by atoms with Crippen molar-refractivity contribution in [3.05, 3.63) is 217 Å². The van der Waals surface area contributed by atoms with Gasteiger partial charge in [-0.3, -0.25) is 4.57 Å². The number of aromatic nitrogens is 4. The zero-order valence-electron chi connectivity index (χ0n) is 30.4. The molecule has 0 saturated heterocycles. The molecule has 1 unspecified atom stereocenters. The maximum atomic E-state index is 5.35. The van der Waals surface area contributed by atoms with E-state index in [2.05, 4.69) is 199 Å². The Bertz CT molecular complexity index is 3080. The topological polar surface area (TPSA) is 43.6 Å². The predicted molar refractivity (Wildman–Crippen MR) is 229 cm³/mol. The maximum Gasteiger partial charge on any atom is 0.238 e. The molecular formula is C52H34N4. The Balaban J connectivity index is 1.14. The molecule has 2 heterocycles. The molecule has 0 bridgehead atoms. The molecule has 1 aliphatic rings. The Labute approximate surface area is 325 Å². The van der Waals surface area contributed by atoms with Crippen LogP contribution >= 0.6 is 0 Å². The molecule has 2 aromatic heterocycles. The van der Waals surface area contributed by atoms with Gasteiger partial charge in [0, 0.05) is 27.8 Å². The minimum Gasteiger partial charge on any atom is -0.278 e. The molecule has 0 amide bonds. The lowest BCUT2D eigenvalue weighted by Crippen LogP contribution is -2.07. The minimum atomic E-state index is 0.113. The molecule has 0 N–H and O–H groups in total. The molecule has 0 saturated carbocycles. The average molecular weight is 715 g/mol. The summed E-state index contributed by atoms with van der Waals surface area (Å²) in [6.45, 7) is 0. The summed E-state index contributed by atoms with van der Waals surface area (Å²) in [5.41, 5.74) is 14.9. The zero-order chi connectivity index (χ0) is 37.0. The van der Waals surface area contributed by atoms with Gasteiger partial charge in [0.1, 0.15) is 0 Å². The number of nitrogens with zero attached hydrogens (tertiary/aromatic N) is 4. The number of hydrogen-bond acceptors (Lipinski definition) is 3. The number of hydrogen-bond donors (Lipinski definition) is 0. The molecule has 0 spiro atoms. The third-order valence-electron chi connectivity index (χ3n) is 11.1. The Kier molecular flexibility index (Phi) is 7.52. The highest BCUT2D eigenvalue weighted by Crippen LogP contribution is 2.49. The van der Waals surface area contributed by atoms with Gasteiger partial charge in [0.2, 0.25) is 5.95 Å². The molecule has 0 fully saturated rings. The highest BCUT2D eigenvalue weighted by molar-refractivity contribution is 6.10. The smallest absolute Gasteiger partial charge is 0.238 e. The zero-order valence-corrected chi connectivity index (χ0v) is 30.4. The van der Waals surface area contributed by atoms with Gasteiger partial charge in [-0.05, 0) is 80.4 Å². The van der Waals surface area contributed by atoms with Crippen LogP contribution in [-0.4, -0.2) is 19.5 Å². The fourth-order valence-corrected chi connectivity index (χ4v) is 8.54. The summed E-state index contributed by atoms with van der Waals surface area (Å²) in [5.74, 6) is 1.95. The van der Waals surface area contributed by atoms with Crippen LogP contribution in [0.1, 0.15) is 22.6 Å². The van der Waals surface area contributed by atoms with E-state index in [1.165, 1.54) is 38.9 Å². The highest BCUT2D eigenvalue weighted by Gasteiger charge is 2.30. The summed E-state index contributed by atoms with van der Waals surface area (Å²) in [5, 5.41) is 2.30. The van der Waals surface area contributed by atoms with Crippen molar-refractivity contribution in [3.63, 3.8) is 0 Å². The number of rotatable bonds is 6. The number of fused-ring (bicyclic) bond motifs is 6. The first-order valence-electron chi connectivity index (χ1n) is 19.1. The van der Waals surface area contributed by atoms with Crippen LogP contribution in [-0.2, 0) is 0 Å². The van der Waals surface area contributed by atoms with Crippen molar-refractivity contribution in [2.24, 2.45) is 0 Å². The van der Waals surface area contributed by atoms with E-state index in [1.807, 2.05) is 6.07 Å². The first kappa shape index (κ1) is 32.0. The first-order chi connectivity index (χ1) is 27.8. The molecule has 11 rings (SSSR count). The Morgan fingerprint density at radius 1 is 0.339 bits per heavy atom. The van der Waals surface area contributed by atoms with Crippen LogP contribution in [0.4, 0.5) is 0 Å². The predicted octanol–water partition coefficient (Wildman–Crippen LogP) is 12.8. The molecule has 0 aliphatic heterocycles. The lowest BCUT2D eigenvalue weighted by molar-refractivity contribution is 0.952. The Morgan fingerprint density at radius 2 is 0.893 bits per heavy atom. The standard InChI is InChI=1S/C52H34N4/c1-4-15-34(16-5-1)37-21-14-22-39(31-37)50-53-51(40-27-29-42-41-23-10-11-25-44(41)49(46(42)33-40)36-19-8-3-9-20-36)55-52(54-50)56-47-26-13-12-24-43(47)45-32-38(28-30-48(45)56)35-17-6-2-7-18-35/h1-33,49H. The van der Waals surface area contributed by atoms with Crippen molar-refractivity contribution in [2.75, 3.05) is 0 Å². The van der Waals surface area contributed by atoms with E-state index in [1.54, 1.807) is 0 Å². The van der Waals surface area contributed by atoms with Crippen molar-refractivity contribution < 1.29 is 0 Å². The fraction of sp³-hybridized carbons (Fsp3) is 0.0192. The summed E-state index contributed by atoms with van der Waals surface area (Å²) in [4.78, 5) is 15.9. The summed E-state index contributed by atoms with van der Waals surface area (Å²) >= 11 is 0. The second-order valence-electron chi connectivity index (χ2n) is 14.4. The monoisotopic (exact) mass is 714 g/mol. The van der Waals surface area contributed by atoms with Crippen molar-refractivity contribution in [3.8, 4) is 62.1 Å². The van der Waals surface area contributed by atoms with Crippen molar-refractivity contribution >= 4 is 21.8 Å². The van der Waals surface area contributed by atoms with Gasteiger partial charge in [0.25, 0.3) is 0 Å². The van der Waals surface area contributed by atoms with Crippen LogP contribution in [0.15, 0.2) is 200 Å². The Morgan fingerprint density at radius 3 is 1.66 bits per heavy atom. The van der Waals surface area contributed by atoms with Crippen LogP contribution in [0.3, 0.4) is 0 Å². The molecule has 1 atom stereocenters. The normalized spacial score (nSPS) is 13.2. The van der Waals surface area contributed by atoms with Crippen LogP contribution in [0, 0.1) is 0 Å². The van der Waals surface area contributed by atoms with E-state index in [0.29, 0.717) is 17.6 Å². The lowest BCUT2D eigenvalue weighted by Gasteiger charge is -2.15. The SMILES string of the molecule is c1ccc(-c2cccc(-c3nc(-c4ccc5c(c4)C(c4ccccc4)c4ccccc4-5)nc(-n4c5ccccc5c5cc(-c6ccccc6)ccc54)n3)c2)cc1. The van der Waals surface area contributed by atoms with E-state index in [9.17, 15) is 0 Å². The summed E-state index contributed by atoms with van der Waals surface area (Å²) in [7, 11) is 0. The van der Waals surface area contributed by atoms with Crippen LogP contribution < -0.4 is 0 Å². The third kappa shape index (κ3) is 5.34. The first-order valence-corrected chi connectivity index (χ1v) is 19.1. The van der Waals surface area contributed by atoms with Gasteiger partial charge in [0.05, 0.1) is 11.0 Å². The molecule has 1 aliphatic carbocycles. The lowest BCUT2D eigenvalue weighted by atomic mass is 9.89. The molecule has 8 aromatic carbocycles. The fourth-order valence-electron chi connectivity index (χ4n) is 8.54. The molecule has 10 aromatic rings. The molecule has 4 heteroatoms. The van der Waals surface area contributed by atoms with Crippen LogP contribution in [0.25, 0.3) is 83.9 Å². The maximum absolute atomic E-state index is 5.35. The third-order valence-corrected chi connectivity index (χ3v) is 11.1. The van der Waals surface area contributed by atoms with E-state index < -0.39 is 0 Å². The number of para-hydroxylation sites is 1. The largest absolute Gasteiger partial charge is 0.278 e. The molecular weight excluding hydrogens is 681 g/mol. The number of benzene rings is 8. The van der Waals surface area contributed by atoms with Gasteiger partial charge in [-0.1, -0.05) is 170 Å². The second-order valence-corrected chi connectivity index (χ2v) is 14.4. The van der Waals surface area contributed by atoms with E-state index in [4.69, 9.17) is 15.0 Å². The highest BCUT2D eigenvalue weighted by atomic mass is 15.2. The molecule has 56 heavy (non-hydrogen) atoms. The van der Waals surface area contributed by atoms with Crippen molar-refractivity contribution in [1.82, 2.24) is 19.5 Å². The minimum absolute atomic E-state index is 0.113. The quantitative estimate of drug-likeness (QED) is 0.172. The van der Waals surface area contributed by atoms with Crippen LogP contribution in [0.5, 0.6) is 0 Å². The van der Waals surface area contributed by atoms with Gasteiger partial charge in [0.15, 0.2) is 11.6 Å². The van der Waals surface area contributed by atoms with E-state index in [-0.39, 0.29) is 5.92 Å². The van der Waals surface area contributed by atoms with Gasteiger partial charge in [-0.25, -0.2) is 4.98 Å². The van der Waals surface area contributed by atoms with Crippen LogP contribution in [0.2, 0.25) is 0 Å². The van der Waals surface area contributed by atoms with Crippen molar-refractivity contribution in [2.45, 2.75) is 5.92 Å². The van der Waals surface area contributed by atoms with Gasteiger partial charge in [-0.2, -0.15) is 9.97 Å². The van der Waals surface area contributed by atoms with Gasteiger partial charge in [-0.15, -0.1) is 0 Å². The molecule has 262 valence electrons. The van der Waals surface area contributed by atoms with E-state index in [0.717, 1.165) is 44.1 Å². The summed E-state index contributed by atoms with van der Waals surface area (Å²) in [6.07, 6.45) is 0. The Hall–Kier alpha value is -7.43. The summed E-state index contributed by atoms with van der Waals surface area (Å²) in [6, 6.07) is 71.0. The summed E-state index contributed by atoms with van der Waals surface area (Å²) < 4.78 is 2.20. The molecule has 4 nitrogen and oxygen atoms in total. The van der Waals surface area contributed by atoms with Crippen molar-refractivity contribution in [1.29, 1.82) is 0 Å². The second kappa shape index (κ2) is 13.2.